The summed E-state index contributed by atoms with van der Waals surface area (Å²) in [5.74, 6) is -9.61. The number of aliphatic hydroxyl groups is 2. The minimum absolute atomic E-state index is 0.0955. The molecule has 2 fully saturated rings. The second-order valence-corrected chi connectivity index (χ2v) is 20.8. The highest BCUT2D eigenvalue weighted by atomic mass is 16.6. The number of carbonyl (C=O) groups excluding carboxylic acids is 9. The SMILES string of the molecule is CC[C@H](C)[C@@H]1NC(=O)[C@@H](NC(=O)[C@H](CC(C)C)N(C)C(=O)[C@@H](C)O)[C@H](C)OC(=O)C(Cc2ccc(OC)cc2)N(C)C(=O)[C@@H]2CCCN2C(=O)[C@@H](CC(C)C)NC(=O)[C@H](C)C(=O)[C@@H](C(C)C)OC(=O)C[C@@H]1O. The predicted molar refractivity (Wildman–Crippen MR) is 265 cm³/mol. The first-order valence-electron chi connectivity index (χ1n) is 25.3. The Balaban J connectivity index is 2.29. The van der Waals surface area contributed by atoms with Gasteiger partial charge in [-0.1, -0.05) is 73.9 Å². The molecule has 0 radical (unpaired) electrons. The van der Waals surface area contributed by atoms with Gasteiger partial charge in [0.2, 0.25) is 29.5 Å². The largest absolute Gasteiger partial charge is 0.497 e. The van der Waals surface area contributed by atoms with Crippen molar-refractivity contribution in [1.82, 2.24) is 30.7 Å². The fourth-order valence-electron chi connectivity index (χ4n) is 9.05. The number of ether oxygens (including phenoxy) is 3. The van der Waals surface area contributed by atoms with E-state index in [9.17, 15) is 53.4 Å². The summed E-state index contributed by atoms with van der Waals surface area (Å²) in [6.07, 6.45) is -5.64. The first-order valence-corrected chi connectivity index (χ1v) is 25.3. The van der Waals surface area contributed by atoms with E-state index in [0.29, 0.717) is 24.2 Å². The summed E-state index contributed by atoms with van der Waals surface area (Å²) < 4.78 is 17.1. The Hall–Kier alpha value is -5.63. The zero-order chi connectivity index (χ0) is 54.5. The summed E-state index contributed by atoms with van der Waals surface area (Å²) in [6.45, 7) is 18.1. The normalized spacial score (nSPS) is 27.1. The maximum atomic E-state index is 14.8. The van der Waals surface area contributed by atoms with Crippen molar-refractivity contribution >= 4 is 53.2 Å². The molecule has 12 atom stereocenters. The molecule has 0 bridgehead atoms. The molecule has 20 nitrogen and oxygen atoms in total. The van der Waals surface area contributed by atoms with Crippen molar-refractivity contribution in [2.75, 3.05) is 27.7 Å². The number of methoxy groups -OCH3 is 1. The van der Waals surface area contributed by atoms with Crippen molar-refractivity contribution in [2.24, 2.45) is 29.6 Å². The number of benzene rings is 1. The maximum absolute atomic E-state index is 14.8. The van der Waals surface area contributed by atoms with Gasteiger partial charge < -0.3 is 55.1 Å². The van der Waals surface area contributed by atoms with E-state index in [4.69, 9.17) is 14.2 Å². The molecule has 5 N–H and O–H groups in total. The fourth-order valence-corrected chi connectivity index (χ4v) is 9.05. The molecule has 2 aliphatic rings. The number of hydrogen-bond acceptors (Lipinski definition) is 14. The molecule has 2 saturated heterocycles. The Morgan fingerprint density at radius 1 is 0.903 bits per heavy atom. The molecule has 72 heavy (non-hydrogen) atoms. The highest BCUT2D eigenvalue weighted by Gasteiger charge is 2.45. The summed E-state index contributed by atoms with van der Waals surface area (Å²) in [5, 5.41) is 30.1. The van der Waals surface area contributed by atoms with Crippen LogP contribution in [0, 0.1) is 29.6 Å². The van der Waals surface area contributed by atoms with Gasteiger partial charge in [-0.05, 0) is 87.8 Å². The Kier molecular flexibility index (Phi) is 23.1. The third-order valence-corrected chi connectivity index (χ3v) is 13.7. The number of nitrogens with one attached hydrogen (secondary N) is 3. The van der Waals surface area contributed by atoms with Crippen LogP contribution in [0.1, 0.15) is 120 Å². The molecule has 404 valence electrons. The van der Waals surface area contributed by atoms with E-state index in [2.05, 4.69) is 16.0 Å². The van der Waals surface area contributed by atoms with Crippen molar-refractivity contribution < 1.29 is 67.6 Å². The van der Waals surface area contributed by atoms with Crippen LogP contribution < -0.4 is 20.7 Å². The summed E-state index contributed by atoms with van der Waals surface area (Å²) in [7, 11) is 4.23. The van der Waals surface area contributed by atoms with Crippen molar-refractivity contribution in [1.29, 1.82) is 0 Å². The van der Waals surface area contributed by atoms with Crippen molar-refractivity contribution in [3.63, 3.8) is 0 Å². The molecule has 20 heteroatoms. The van der Waals surface area contributed by atoms with Gasteiger partial charge in [-0.3, -0.25) is 38.4 Å². The summed E-state index contributed by atoms with van der Waals surface area (Å²) in [5.41, 5.74) is 0.582. The monoisotopic (exact) mass is 1010 g/mol. The lowest BCUT2D eigenvalue weighted by molar-refractivity contribution is -0.163. The lowest BCUT2D eigenvalue weighted by Gasteiger charge is -2.36. The third-order valence-electron chi connectivity index (χ3n) is 13.7. The van der Waals surface area contributed by atoms with Crippen LogP contribution in [0.25, 0.3) is 0 Å². The maximum Gasteiger partial charge on any atom is 0.329 e. The van der Waals surface area contributed by atoms with Crippen LogP contribution in [0.2, 0.25) is 0 Å². The zero-order valence-electron chi connectivity index (χ0n) is 44.8. The summed E-state index contributed by atoms with van der Waals surface area (Å²) in [6, 6.07) is -1.03. The molecule has 1 aromatic carbocycles. The number of cyclic esters (lactones) is 2. The van der Waals surface area contributed by atoms with Crippen LogP contribution >= 0.6 is 0 Å². The minimum atomic E-state index is -1.73. The Morgan fingerprint density at radius 2 is 1.53 bits per heavy atom. The molecule has 0 aromatic heterocycles. The number of fused-ring (bicyclic) bond motifs is 1. The van der Waals surface area contributed by atoms with Crippen LogP contribution in [0.3, 0.4) is 0 Å². The quantitative estimate of drug-likeness (QED) is 0.132. The Labute approximate surface area is 425 Å². The number of aliphatic hydroxyl groups excluding tert-OH is 2. The van der Waals surface area contributed by atoms with Gasteiger partial charge in [0.25, 0.3) is 5.91 Å². The van der Waals surface area contributed by atoms with Crippen molar-refractivity contribution in [2.45, 2.75) is 182 Å². The first-order chi connectivity index (χ1) is 33.6. The molecular formula is C52H82N6O14. The van der Waals surface area contributed by atoms with Gasteiger partial charge in [-0.2, -0.15) is 0 Å². The van der Waals surface area contributed by atoms with Crippen molar-refractivity contribution in [3.8, 4) is 5.75 Å². The molecule has 2 heterocycles. The molecular weight excluding hydrogens is 933 g/mol. The van der Waals surface area contributed by atoms with E-state index in [0.717, 1.165) is 4.90 Å². The molecule has 1 unspecified atom stereocenters. The molecule has 6 amide bonds. The van der Waals surface area contributed by atoms with Crippen LogP contribution in [0.15, 0.2) is 24.3 Å². The molecule has 0 saturated carbocycles. The van der Waals surface area contributed by atoms with Crippen LogP contribution in [-0.2, 0) is 59.0 Å². The number of hydrogen-bond donors (Lipinski definition) is 5. The smallest absolute Gasteiger partial charge is 0.329 e. The molecule has 2 aliphatic heterocycles. The number of esters is 2. The van der Waals surface area contributed by atoms with Gasteiger partial charge >= 0.3 is 11.9 Å². The number of amides is 6. The molecule has 0 aliphatic carbocycles. The van der Waals surface area contributed by atoms with Gasteiger partial charge in [0.05, 0.1) is 31.6 Å². The number of ketones is 1. The average Bonchev–Trinajstić information content (AvgIpc) is 3.82. The number of likely N-dealkylation sites (N-methyl/N-ethyl adjacent to an activating group) is 2. The number of rotatable bonds is 14. The van der Waals surface area contributed by atoms with Crippen LogP contribution in [0.5, 0.6) is 5.75 Å². The molecule has 1 aromatic rings. The molecule has 3 rings (SSSR count). The molecule has 0 spiro atoms. The van der Waals surface area contributed by atoms with E-state index in [1.165, 1.54) is 51.8 Å². The third kappa shape index (κ3) is 16.2. The number of carbonyl (C=O) groups is 9. The number of Topliss-reactive ketones (excluding diaryl/α,β-unsaturated/α-hetero) is 1. The Morgan fingerprint density at radius 3 is 2.07 bits per heavy atom. The first kappa shape index (κ1) is 60.7. The highest BCUT2D eigenvalue weighted by Crippen LogP contribution is 2.26. The average molecular weight is 1020 g/mol. The van der Waals surface area contributed by atoms with Gasteiger partial charge in [0.15, 0.2) is 11.9 Å². The lowest BCUT2D eigenvalue weighted by atomic mass is 9.91. The van der Waals surface area contributed by atoms with Gasteiger partial charge in [-0.15, -0.1) is 0 Å². The fraction of sp³-hybridized carbons (Fsp3) is 0.712. The van der Waals surface area contributed by atoms with Gasteiger partial charge in [0, 0.05) is 27.1 Å². The summed E-state index contributed by atoms with van der Waals surface area (Å²) in [4.78, 5) is 132. The van der Waals surface area contributed by atoms with Gasteiger partial charge in [-0.25, -0.2) is 4.79 Å². The van der Waals surface area contributed by atoms with E-state index in [1.807, 2.05) is 27.7 Å². The van der Waals surface area contributed by atoms with Crippen LogP contribution in [-0.4, -0.2) is 166 Å². The van der Waals surface area contributed by atoms with E-state index in [1.54, 1.807) is 52.0 Å². The van der Waals surface area contributed by atoms with E-state index < -0.39 is 138 Å². The van der Waals surface area contributed by atoms with E-state index in [-0.39, 0.29) is 44.1 Å². The predicted octanol–water partition coefficient (Wildman–Crippen LogP) is 2.33. The second-order valence-electron chi connectivity index (χ2n) is 20.8. The highest BCUT2D eigenvalue weighted by molar-refractivity contribution is 6.05. The summed E-state index contributed by atoms with van der Waals surface area (Å²) >= 11 is 0. The van der Waals surface area contributed by atoms with Crippen LogP contribution in [0.4, 0.5) is 0 Å². The zero-order valence-corrected chi connectivity index (χ0v) is 44.8. The standard InChI is InChI=1S/C52H82N6O14/c1-15-30(8)42-40(60)26-41(61)72-45(29(6)7)44(62)31(9)46(63)53-36(23-27(2)3)50(67)58-22-16-17-37(58)51(68)57(13)39(25-34-18-20-35(70-14)21-19-34)52(69)71-33(11)43(48(65)54-42)55-47(64)38(24-28(4)5)56(12)49(66)32(10)59/h18-21,27-33,36-40,42-43,45,59-60H,15-17,22-26H2,1-14H3,(H,53,63)(H,54,65)(H,55,64)/t30-,31+,32+,33-,36+,37-,38-,39?,40-,42-,43-,45+/m0/s1. The minimum Gasteiger partial charge on any atom is -0.497 e. The second kappa shape index (κ2) is 27.4. The van der Waals surface area contributed by atoms with E-state index >= 15 is 0 Å². The van der Waals surface area contributed by atoms with Gasteiger partial charge in [0.1, 0.15) is 48.2 Å². The topological polar surface area (TPSA) is 268 Å². The lowest BCUT2D eigenvalue weighted by Crippen LogP contribution is -2.62. The number of nitrogens with zero attached hydrogens (tertiary/aromatic N) is 3. The van der Waals surface area contributed by atoms with Crippen molar-refractivity contribution in [3.05, 3.63) is 29.8 Å². The Bertz CT molecular complexity index is 2060.